The van der Waals surface area contributed by atoms with Crippen LogP contribution in [0, 0.1) is 6.92 Å². The molecule has 1 aliphatic heterocycles. The molecule has 5 nitrogen and oxygen atoms in total. The predicted molar refractivity (Wildman–Crippen MR) is 55.1 cm³/mol. The number of aromatic nitrogens is 3. The molecule has 1 aliphatic rings. The average Bonchev–Trinajstić information content (AvgIpc) is 2.59. The third-order valence-corrected chi connectivity index (χ3v) is 2.48. The number of carbonyl (C=O) groups is 1. The first-order valence-corrected chi connectivity index (χ1v) is 5.05. The van der Waals surface area contributed by atoms with Crippen molar-refractivity contribution in [3.05, 3.63) is 24.3 Å². The molecule has 0 fully saturated rings. The maximum absolute atomic E-state index is 11.2. The number of aryl methyl sites for hydroxylation is 2. The van der Waals surface area contributed by atoms with E-state index in [0.29, 0.717) is 0 Å². The fourth-order valence-corrected chi connectivity index (χ4v) is 1.84. The fourth-order valence-electron chi connectivity index (χ4n) is 1.84. The minimum Gasteiger partial charge on any atom is -0.343 e. The van der Waals surface area contributed by atoms with Crippen molar-refractivity contribution in [2.24, 2.45) is 0 Å². The number of fused-ring (bicyclic) bond motifs is 1. The smallest absolute Gasteiger partial charge is 0.243 e. The zero-order valence-electron chi connectivity index (χ0n) is 8.73. The van der Waals surface area contributed by atoms with Gasteiger partial charge in [0.05, 0.1) is 6.04 Å². The Labute approximate surface area is 88.2 Å². The summed E-state index contributed by atoms with van der Waals surface area (Å²) < 4.78 is 1.87. The molecule has 15 heavy (non-hydrogen) atoms. The van der Waals surface area contributed by atoms with E-state index in [4.69, 9.17) is 0 Å². The normalized spacial score (nSPS) is 19.4. The number of nitrogens with one attached hydrogen (secondary N) is 1. The van der Waals surface area contributed by atoms with Crippen molar-refractivity contribution in [2.45, 2.75) is 32.4 Å². The maximum atomic E-state index is 11.2. The summed E-state index contributed by atoms with van der Waals surface area (Å²) in [5, 5.41) is 7.12. The van der Waals surface area contributed by atoms with Crippen molar-refractivity contribution in [1.29, 1.82) is 0 Å². The lowest BCUT2D eigenvalue weighted by atomic mass is 10.1. The molecule has 0 saturated heterocycles. The van der Waals surface area contributed by atoms with E-state index in [-0.39, 0.29) is 11.9 Å². The zero-order chi connectivity index (χ0) is 10.8. The van der Waals surface area contributed by atoms with Crippen LogP contribution in [-0.2, 0) is 11.3 Å². The van der Waals surface area contributed by atoms with Gasteiger partial charge in [-0.2, -0.15) is 5.10 Å². The second-order valence-corrected chi connectivity index (χ2v) is 3.65. The second-order valence-electron chi connectivity index (χ2n) is 3.65. The Morgan fingerprint density at radius 2 is 2.53 bits per heavy atom. The van der Waals surface area contributed by atoms with Crippen LogP contribution in [-0.4, -0.2) is 20.7 Å². The molecule has 1 atom stereocenters. The van der Waals surface area contributed by atoms with E-state index in [2.05, 4.69) is 22.0 Å². The van der Waals surface area contributed by atoms with Crippen molar-refractivity contribution in [2.75, 3.05) is 0 Å². The largest absolute Gasteiger partial charge is 0.343 e. The molecule has 80 valence electrons. The molecule has 0 spiro atoms. The summed E-state index contributed by atoms with van der Waals surface area (Å²) in [6.45, 7) is 6.18. The van der Waals surface area contributed by atoms with Crippen molar-refractivity contribution in [3.8, 4) is 0 Å². The molecule has 0 saturated carbocycles. The van der Waals surface area contributed by atoms with Crippen LogP contribution in [0.25, 0.3) is 0 Å². The molecule has 1 N–H and O–H groups in total. The second kappa shape index (κ2) is 3.84. The Bertz CT molecular complexity index is 396. The Morgan fingerprint density at radius 1 is 1.73 bits per heavy atom. The Kier molecular flexibility index (Phi) is 2.53. The molecular weight excluding hydrogens is 192 g/mol. The van der Waals surface area contributed by atoms with Crippen LogP contribution in [0.3, 0.4) is 0 Å². The fraction of sp³-hybridized carbons (Fsp3) is 0.500. The first-order chi connectivity index (χ1) is 7.20. The highest BCUT2D eigenvalue weighted by Crippen LogP contribution is 2.22. The molecule has 0 aliphatic carbocycles. The van der Waals surface area contributed by atoms with Crippen LogP contribution in [0.1, 0.15) is 30.5 Å². The van der Waals surface area contributed by atoms with Gasteiger partial charge < -0.3 is 5.32 Å². The standard InChI is InChI=1S/C10H14N4O/c1-3-9(15)12-8-5-4-6-14-10(8)11-7(2)13-14/h3,8H,1,4-6H2,2H3,(H,12,15)/t8-/m1/s1. The van der Waals surface area contributed by atoms with Crippen LogP contribution in [0.15, 0.2) is 12.7 Å². The monoisotopic (exact) mass is 206 g/mol. The van der Waals surface area contributed by atoms with Gasteiger partial charge in [-0.15, -0.1) is 0 Å². The number of rotatable bonds is 2. The third-order valence-electron chi connectivity index (χ3n) is 2.48. The van der Waals surface area contributed by atoms with Gasteiger partial charge in [-0.25, -0.2) is 9.67 Å². The molecule has 1 amide bonds. The zero-order valence-corrected chi connectivity index (χ0v) is 8.73. The van der Waals surface area contributed by atoms with Gasteiger partial charge in [0.25, 0.3) is 0 Å². The lowest BCUT2D eigenvalue weighted by Gasteiger charge is -2.22. The van der Waals surface area contributed by atoms with Crippen molar-refractivity contribution < 1.29 is 4.79 Å². The summed E-state index contributed by atoms with van der Waals surface area (Å²) in [5.74, 6) is 1.45. The predicted octanol–water partition coefficient (Wildman–Crippen LogP) is 0.724. The number of nitrogens with zero attached hydrogens (tertiary/aromatic N) is 3. The number of amides is 1. The number of hydrogen-bond donors (Lipinski definition) is 1. The van der Waals surface area contributed by atoms with Crippen LogP contribution < -0.4 is 5.32 Å². The highest BCUT2D eigenvalue weighted by atomic mass is 16.1. The lowest BCUT2D eigenvalue weighted by molar-refractivity contribution is -0.117. The van der Waals surface area contributed by atoms with Crippen LogP contribution in [0.2, 0.25) is 0 Å². The lowest BCUT2D eigenvalue weighted by Crippen LogP contribution is -2.32. The van der Waals surface area contributed by atoms with E-state index in [1.54, 1.807) is 0 Å². The molecule has 1 aromatic heterocycles. The van der Waals surface area contributed by atoms with Crippen molar-refractivity contribution >= 4 is 5.91 Å². The molecule has 2 rings (SSSR count). The minimum atomic E-state index is -0.158. The molecule has 0 unspecified atom stereocenters. The van der Waals surface area contributed by atoms with E-state index in [1.807, 2.05) is 11.6 Å². The van der Waals surface area contributed by atoms with Gasteiger partial charge in [-0.3, -0.25) is 4.79 Å². The highest BCUT2D eigenvalue weighted by molar-refractivity contribution is 5.87. The van der Waals surface area contributed by atoms with Gasteiger partial charge in [0.1, 0.15) is 11.6 Å². The van der Waals surface area contributed by atoms with E-state index < -0.39 is 0 Å². The van der Waals surface area contributed by atoms with E-state index >= 15 is 0 Å². The van der Waals surface area contributed by atoms with Gasteiger partial charge >= 0.3 is 0 Å². The van der Waals surface area contributed by atoms with Gasteiger partial charge in [0.15, 0.2) is 0 Å². The SMILES string of the molecule is C=CC(=O)N[C@@H]1CCCn2nc(C)nc21. The Hall–Kier alpha value is -1.65. The summed E-state index contributed by atoms with van der Waals surface area (Å²) in [6.07, 6.45) is 3.21. The molecule has 0 aromatic carbocycles. The highest BCUT2D eigenvalue weighted by Gasteiger charge is 2.24. The molecule has 2 heterocycles. The summed E-state index contributed by atoms with van der Waals surface area (Å²) in [6, 6.07) is -0.0227. The van der Waals surface area contributed by atoms with E-state index in [0.717, 1.165) is 31.0 Å². The van der Waals surface area contributed by atoms with E-state index in [1.165, 1.54) is 6.08 Å². The summed E-state index contributed by atoms with van der Waals surface area (Å²) >= 11 is 0. The molecule has 0 bridgehead atoms. The third kappa shape index (κ3) is 1.91. The average molecular weight is 206 g/mol. The molecular formula is C10H14N4O. The van der Waals surface area contributed by atoms with Gasteiger partial charge in [-0.05, 0) is 25.8 Å². The van der Waals surface area contributed by atoms with Crippen LogP contribution in [0.4, 0.5) is 0 Å². The van der Waals surface area contributed by atoms with Crippen LogP contribution >= 0.6 is 0 Å². The molecule has 1 aromatic rings. The van der Waals surface area contributed by atoms with Crippen LogP contribution in [0.5, 0.6) is 0 Å². The van der Waals surface area contributed by atoms with Gasteiger partial charge in [-0.1, -0.05) is 6.58 Å². The first kappa shape index (κ1) is 9.89. The minimum absolute atomic E-state index is 0.0227. The quantitative estimate of drug-likeness (QED) is 0.725. The maximum Gasteiger partial charge on any atom is 0.243 e. The summed E-state index contributed by atoms with van der Waals surface area (Å²) in [5.41, 5.74) is 0. The van der Waals surface area contributed by atoms with Crippen molar-refractivity contribution in [3.63, 3.8) is 0 Å². The van der Waals surface area contributed by atoms with Gasteiger partial charge in [0, 0.05) is 6.54 Å². The summed E-state index contributed by atoms with van der Waals surface area (Å²) in [4.78, 5) is 15.5. The Morgan fingerprint density at radius 3 is 3.27 bits per heavy atom. The van der Waals surface area contributed by atoms with E-state index in [9.17, 15) is 4.79 Å². The van der Waals surface area contributed by atoms with Crippen molar-refractivity contribution in [1.82, 2.24) is 20.1 Å². The number of carbonyl (C=O) groups excluding carboxylic acids is 1. The van der Waals surface area contributed by atoms with Gasteiger partial charge in [0.2, 0.25) is 5.91 Å². The summed E-state index contributed by atoms with van der Waals surface area (Å²) in [7, 11) is 0. The first-order valence-electron chi connectivity index (χ1n) is 5.05. The Balaban J connectivity index is 2.21. The molecule has 0 radical (unpaired) electrons. The topological polar surface area (TPSA) is 59.8 Å². The number of hydrogen-bond acceptors (Lipinski definition) is 3. The molecule has 5 heteroatoms.